The average Bonchev–Trinajstić information content (AvgIpc) is 3.57. The maximum absolute atomic E-state index is 13.8. The van der Waals surface area contributed by atoms with Crippen LogP contribution in [0, 0.1) is 0 Å². The first-order valence-corrected chi connectivity index (χ1v) is 13.7. The molecule has 0 bridgehead atoms. The van der Waals surface area contributed by atoms with E-state index < -0.39 is 23.2 Å². The number of nitrogens with zero attached hydrogens (tertiary/aromatic N) is 7. The lowest BCUT2D eigenvalue weighted by atomic mass is 9.86. The van der Waals surface area contributed by atoms with E-state index in [1.165, 1.54) is 23.4 Å². The zero-order valence-electron chi connectivity index (χ0n) is 23.3. The minimum atomic E-state index is -4.47. The van der Waals surface area contributed by atoms with Crippen molar-refractivity contribution in [3.8, 4) is 5.75 Å². The Kier molecular flexibility index (Phi) is 7.28. The number of halogens is 3. The van der Waals surface area contributed by atoms with Gasteiger partial charge >= 0.3 is 12.2 Å². The molecule has 14 heteroatoms. The Hall–Kier alpha value is -4.88. The number of carbonyl (C=O) groups excluding carboxylic acids is 2. The SMILES string of the molecule is COc1ccc(CN2C(=O)N(CC(=O)Nc3ccc(C(F)(F)F)cc3)CC23CCN(c2nccc4ncnn24)CC3)cc1. The van der Waals surface area contributed by atoms with Crippen molar-refractivity contribution in [3.05, 3.63) is 78.2 Å². The van der Waals surface area contributed by atoms with Gasteiger partial charge in [-0.15, -0.1) is 0 Å². The molecule has 224 valence electrons. The molecule has 0 saturated carbocycles. The maximum Gasteiger partial charge on any atom is 0.416 e. The summed E-state index contributed by atoms with van der Waals surface area (Å²) in [5, 5.41) is 6.91. The van der Waals surface area contributed by atoms with Gasteiger partial charge in [-0.1, -0.05) is 12.1 Å². The topological polar surface area (TPSA) is 108 Å². The summed E-state index contributed by atoms with van der Waals surface area (Å²) in [6.45, 7) is 1.64. The van der Waals surface area contributed by atoms with Crippen LogP contribution in [0.4, 0.5) is 29.6 Å². The van der Waals surface area contributed by atoms with Crippen molar-refractivity contribution in [2.45, 2.75) is 31.1 Å². The number of nitrogens with one attached hydrogen (secondary N) is 1. The largest absolute Gasteiger partial charge is 0.497 e. The molecule has 11 nitrogen and oxygen atoms in total. The summed E-state index contributed by atoms with van der Waals surface area (Å²) in [4.78, 5) is 41.0. The quantitative estimate of drug-likeness (QED) is 0.344. The lowest BCUT2D eigenvalue weighted by Gasteiger charge is -2.44. The lowest BCUT2D eigenvalue weighted by molar-refractivity contribution is -0.137. The molecule has 2 aromatic carbocycles. The Balaban J connectivity index is 1.20. The number of rotatable bonds is 7. The van der Waals surface area contributed by atoms with Crippen molar-refractivity contribution in [1.29, 1.82) is 0 Å². The maximum atomic E-state index is 13.8. The molecule has 0 radical (unpaired) electrons. The molecule has 1 spiro atoms. The number of benzene rings is 2. The Morgan fingerprint density at radius 3 is 2.42 bits per heavy atom. The van der Waals surface area contributed by atoms with Gasteiger partial charge in [-0.3, -0.25) is 4.79 Å². The van der Waals surface area contributed by atoms with Gasteiger partial charge in [0.2, 0.25) is 11.9 Å². The van der Waals surface area contributed by atoms with Gasteiger partial charge in [0, 0.05) is 44.1 Å². The number of hydrogen-bond donors (Lipinski definition) is 1. The molecule has 3 amide bonds. The van der Waals surface area contributed by atoms with E-state index >= 15 is 0 Å². The highest BCUT2D eigenvalue weighted by Crippen LogP contribution is 2.38. The number of hydrogen-bond acceptors (Lipinski definition) is 7. The highest BCUT2D eigenvalue weighted by atomic mass is 19.4. The van der Waals surface area contributed by atoms with Crippen molar-refractivity contribution in [2.75, 3.05) is 43.5 Å². The minimum Gasteiger partial charge on any atom is -0.497 e. The summed E-state index contributed by atoms with van der Waals surface area (Å²) >= 11 is 0. The first kappa shape index (κ1) is 28.2. The molecule has 0 unspecified atom stereocenters. The number of alkyl halides is 3. The van der Waals surface area contributed by atoms with Crippen molar-refractivity contribution in [3.63, 3.8) is 0 Å². The van der Waals surface area contributed by atoms with Crippen molar-refractivity contribution >= 4 is 29.2 Å². The van der Waals surface area contributed by atoms with Crippen molar-refractivity contribution in [1.82, 2.24) is 29.4 Å². The lowest BCUT2D eigenvalue weighted by Crippen LogP contribution is -2.54. The third kappa shape index (κ3) is 5.64. The number of piperidine rings is 1. The van der Waals surface area contributed by atoms with Crippen LogP contribution in [0.15, 0.2) is 67.1 Å². The Morgan fingerprint density at radius 2 is 1.74 bits per heavy atom. The third-order valence-electron chi connectivity index (χ3n) is 8.04. The van der Waals surface area contributed by atoms with Crippen LogP contribution in [-0.4, -0.2) is 80.1 Å². The molecule has 2 aromatic heterocycles. The fourth-order valence-corrected chi connectivity index (χ4v) is 5.78. The van der Waals surface area contributed by atoms with Gasteiger partial charge < -0.3 is 24.8 Å². The van der Waals surface area contributed by atoms with E-state index in [1.807, 2.05) is 29.2 Å². The van der Waals surface area contributed by atoms with Gasteiger partial charge in [-0.2, -0.15) is 22.8 Å². The van der Waals surface area contributed by atoms with E-state index in [2.05, 4.69) is 25.3 Å². The van der Waals surface area contributed by atoms with Crippen LogP contribution in [0.1, 0.15) is 24.0 Å². The van der Waals surface area contributed by atoms with Gasteiger partial charge in [-0.25, -0.2) is 14.8 Å². The van der Waals surface area contributed by atoms with Gasteiger partial charge in [-0.05, 0) is 54.8 Å². The monoisotopic (exact) mass is 594 g/mol. The molecular formula is C29H29F3N8O3. The summed E-state index contributed by atoms with van der Waals surface area (Å²) in [7, 11) is 1.59. The first-order chi connectivity index (χ1) is 20.6. The first-order valence-electron chi connectivity index (χ1n) is 13.7. The number of urea groups is 1. The van der Waals surface area contributed by atoms with Crippen LogP contribution in [-0.2, 0) is 17.5 Å². The summed E-state index contributed by atoms with van der Waals surface area (Å²) in [5.41, 5.74) is 0.475. The number of carbonyl (C=O) groups is 2. The number of methoxy groups -OCH3 is 1. The zero-order valence-corrected chi connectivity index (χ0v) is 23.3. The second-order valence-corrected chi connectivity index (χ2v) is 10.7. The molecule has 1 N–H and O–H groups in total. The Labute approximate surface area is 244 Å². The molecule has 43 heavy (non-hydrogen) atoms. The molecule has 0 atom stereocenters. The van der Waals surface area contributed by atoms with Gasteiger partial charge in [0.1, 0.15) is 18.6 Å². The standard InChI is InChI=1S/C29H29F3N8O3/c1-43-23-8-2-20(3-9-23)16-39-27(42)38(17-25(41)36-22-6-4-21(5-7-22)29(30,31)32)18-28(39)11-14-37(15-12-28)26-33-13-10-24-34-19-35-40(24)26/h2-10,13,19H,11-12,14-18H2,1H3,(H,36,41). The van der Waals surface area contributed by atoms with E-state index in [4.69, 9.17) is 4.74 Å². The molecule has 2 fully saturated rings. The van der Waals surface area contributed by atoms with Crippen molar-refractivity contribution in [2.24, 2.45) is 0 Å². The van der Waals surface area contributed by atoms with E-state index in [0.29, 0.717) is 56.4 Å². The fourth-order valence-electron chi connectivity index (χ4n) is 5.78. The third-order valence-corrected chi connectivity index (χ3v) is 8.04. The molecule has 6 rings (SSSR count). The summed E-state index contributed by atoms with van der Waals surface area (Å²) in [5.74, 6) is 0.883. The van der Waals surface area contributed by atoms with E-state index in [9.17, 15) is 22.8 Å². The molecule has 2 saturated heterocycles. The molecule has 0 aliphatic carbocycles. The number of fused-ring (bicyclic) bond motifs is 1. The van der Waals surface area contributed by atoms with E-state index in [1.54, 1.807) is 23.9 Å². The van der Waals surface area contributed by atoms with Crippen LogP contribution in [0.5, 0.6) is 5.75 Å². The average molecular weight is 595 g/mol. The number of anilines is 2. The fraction of sp³-hybridized carbons (Fsp3) is 0.345. The minimum absolute atomic E-state index is 0.220. The highest BCUT2D eigenvalue weighted by molar-refractivity contribution is 5.95. The van der Waals surface area contributed by atoms with E-state index in [0.717, 1.165) is 17.7 Å². The van der Waals surface area contributed by atoms with Gasteiger partial charge in [0.15, 0.2) is 5.65 Å². The number of aromatic nitrogens is 4. The Morgan fingerprint density at radius 1 is 1.02 bits per heavy atom. The van der Waals surface area contributed by atoms with Gasteiger partial charge in [0.25, 0.3) is 0 Å². The second-order valence-electron chi connectivity index (χ2n) is 10.7. The van der Waals surface area contributed by atoms with Crippen LogP contribution in [0.2, 0.25) is 0 Å². The predicted molar refractivity (Wildman–Crippen MR) is 151 cm³/mol. The molecular weight excluding hydrogens is 565 g/mol. The number of ether oxygens (including phenoxy) is 1. The van der Waals surface area contributed by atoms with Gasteiger partial charge in [0.05, 0.1) is 18.2 Å². The van der Waals surface area contributed by atoms with E-state index in [-0.39, 0.29) is 18.3 Å². The number of amides is 3. The van der Waals surface area contributed by atoms with Crippen molar-refractivity contribution < 1.29 is 27.5 Å². The van der Waals surface area contributed by atoms with Crippen LogP contribution in [0.25, 0.3) is 5.65 Å². The summed E-state index contributed by atoms with van der Waals surface area (Å²) < 4.78 is 45.7. The van der Waals surface area contributed by atoms with Crippen LogP contribution < -0.4 is 15.0 Å². The molecule has 2 aliphatic rings. The Bertz CT molecular complexity index is 1620. The predicted octanol–water partition coefficient (Wildman–Crippen LogP) is 4.07. The normalized spacial score (nSPS) is 16.7. The highest BCUT2D eigenvalue weighted by Gasteiger charge is 2.51. The summed E-state index contributed by atoms with van der Waals surface area (Å²) in [6.07, 6.45) is -0.0570. The molecule has 4 aromatic rings. The van der Waals surface area contributed by atoms with Crippen LogP contribution in [0.3, 0.4) is 0 Å². The summed E-state index contributed by atoms with van der Waals surface area (Å²) in [6, 6.07) is 13.2. The molecule has 2 aliphatic heterocycles. The zero-order chi connectivity index (χ0) is 30.2. The van der Waals surface area contributed by atoms with Crippen LogP contribution >= 0.6 is 0 Å². The molecule has 4 heterocycles. The second kappa shape index (κ2) is 11.1. The smallest absolute Gasteiger partial charge is 0.416 e.